The molecule has 0 atom stereocenters. The standard InChI is InChI=1S/C14H18O4/c1-16-13(15)7-8-14(17-9-10-18-14)11-12-5-3-2-4-6-12/h2-6H,7-11H2,1H3. The zero-order valence-electron chi connectivity index (χ0n) is 10.6. The molecule has 2 rings (SSSR count). The van der Waals surface area contributed by atoms with Crippen LogP contribution in [0.2, 0.25) is 0 Å². The van der Waals surface area contributed by atoms with Crippen LogP contribution in [0.5, 0.6) is 0 Å². The largest absolute Gasteiger partial charge is 0.469 e. The first-order chi connectivity index (χ1) is 8.74. The van der Waals surface area contributed by atoms with E-state index in [1.807, 2.05) is 30.3 Å². The second kappa shape index (κ2) is 5.98. The van der Waals surface area contributed by atoms with Crippen LogP contribution in [0.1, 0.15) is 18.4 Å². The fraction of sp³-hybridized carbons (Fsp3) is 0.500. The lowest BCUT2D eigenvalue weighted by Gasteiger charge is -2.27. The first kappa shape index (κ1) is 13.1. The Morgan fingerprint density at radius 1 is 1.28 bits per heavy atom. The van der Waals surface area contributed by atoms with E-state index in [0.29, 0.717) is 32.5 Å². The van der Waals surface area contributed by atoms with Crippen molar-refractivity contribution in [1.82, 2.24) is 0 Å². The number of esters is 1. The second-order valence-electron chi connectivity index (χ2n) is 4.35. The van der Waals surface area contributed by atoms with Crippen molar-refractivity contribution in [3.8, 4) is 0 Å². The van der Waals surface area contributed by atoms with Crippen LogP contribution in [-0.4, -0.2) is 32.1 Å². The second-order valence-corrected chi connectivity index (χ2v) is 4.35. The quantitative estimate of drug-likeness (QED) is 0.749. The SMILES string of the molecule is COC(=O)CCC1(Cc2ccccc2)OCCO1. The number of carbonyl (C=O) groups excluding carboxylic acids is 1. The molecular formula is C14H18O4. The van der Waals surface area contributed by atoms with E-state index in [1.165, 1.54) is 7.11 Å². The molecule has 0 saturated carbocycles. The number of rotatable bonds is 5. The Bertz CT molecular complexity index is 382. The minimum absolute atomic E-state index is 0.235. The first-order valence-corrected chi connectivity index (χ1v) is 6.13. The number of hydrogen-bond acceptors (Lipinski definition) is 4. The van der Waals surface area contributed by atoms with Crippen LogP contribution in [0.3, 0.4) is 0 Å². The van der Waals surface area contributed by atoms with Crippen molar-refractivity contribution in [3.05, 3.63) is 35.9 Å². The zero-order chi connectivity index (χ0) is 12.8. The van der Waals surface area contributed by atoms with Gasteiger partial charge in [-0.25, -0.2) is 0 Å². The van der Waals surface area contributed by atoms with E-state index in [1.54, 1.807) is 0 Å². The molecule has 0 aromatic heterocycles. The van der Waals surface area contributed by atoms with Crippen molar-refractivity contribution in [3.63, 3.8) is 0 Å². The Hall–Kier alpha value is -1.39. The molecule has 0 unspecified atom stereocenters. The van der Waals surface area contributed by atoms with E-state index in [0.717, 1.165) is 5.56 Å². The molecule has 1 aliphatic heterocycles. The maximum absolute atomic E-state index is 11.2. The van der Waals surface area contributed by atoms with Gasteiger partial charge in [-0.3, -0.25) is 4.79 Å². The van der Waals surface area contributed by atoms with Gasteiger partial charge in [-0.1, -0.05) is 30.3 Å². The van der Waals surface area contributed by atoms with Crippen LogP contribution < -0.4 is 0 Å². The van der Waals surface area contributed by atoms with Gasteiger partial charge < -0.3 is 14.2 Å². The summed E-state index contributed by atoms with van der Waals surface area (Å²) in [7, 11) is 1.39. The molecular weight excluding hydrogens is 232 g/mol. The molecule has 4 nitrogen and oxygen atoms in total. The van der Waals surface area contributed by atoms with Crippen molar-refractivity contribution in [1.29, 1.82) is 0 Å². The molecule has 0 N–H and O–H groups in total. The van der Waals surface area contributed by atoms with Crippen LogP contribution in [0.15, 0.2) is 30.3 Å². The molecule has 1 heterocycles. The van der Waals surface area contributed by atoms with Crippen LogP contribution in [-0.2, 0) is 25.4 Å². The van der Waals surface area contributed by atoms with E-state index < -0.39 is 5.79 Å². The smallest absolute Gasteiger partial charge is 0.305 e. The third-order valence-electron chi connectivity index (χ3n) is 3.07. The van der Waals surface area contributed by atoms with Gasteiger partial charge in [0.15, 0.2) is 5.79 Å². The molecule has 1 saturated heterocycles. The van der Waals surface area contributed by atoms with Gasteiger partial charge >= 0.3 is 5.97 Å². The molecule has 1 aliphatic rings. The van der Waals surface area contributed by atoms with E-state index in [2.05, 4.69) is 4.74 Å². The maximum atomic E-state index is 11.2. The Labute approximate surface area is 107 Å². The number of carbonyl (C=O) groups is 1. The van der Waals surface area contributed by atoms with Crippen LogP contribution in [0.25, 0.3) is 0 Å². The van der Waals surface area contributed by atoms with E-state index in [9.17, 15) is 4.79 Å². The topological polar surface area (TPSA) is 44.8 Å². The van der Waals surface area contributed by atoms with Crippen molar-refractivity contribution >= 4 is 5.97 Å². The number of methoxy groups -OCH3 is 1. The van der Waals surface area contributed by atoms with Gasteiger partial charge in [0.2, 0.25) is 0 Å². The molecule has 0 amide bonds. The normalized spacial score (nSPS) is 17.6. The fourth-order valence-electron chi connectivity index (χ4n) is 2.13. The molecule has 0 bridgehead atoms. The molecule has 0 radical (unpaired) electrons. The van der Waals surface area contributed by atoms with Gasteiger partial charge in [-0.15, -0.1) is 0 Å². The summed E-state index contributed by atoms with van der Waals surface area (Å²) in [4.78, 5) is 11.2. The molecule has 1 fully saturated rings. The van der Waals surface area contributed by atoms with E-state index >= 15 is 0 Å². The summed E-state index contributed by atoms with van der Waals surface area (Å²) in [5.74, 6) is -0.906. The average Bonchev–Trinajstić information content (AvgIpc) is 2.86. The lowest BCUT2D eigenvalue weighted by Crippen LogP contribution is -2.33. The summed E-state index contributed by atoms with van der Waals surface area (Å²) in [5, 5.41) is 0. The summed E-state index contributed by atoms with van der Waals surface area (Å²) >= 11 is 0. The van der Waals surface area contributed by atoms with E-state index in [4.69, 9.17) is 9.47 Å². The Kier molecular flexibility index (Phi) is 4.33. The van der Waals surface area contributed by atoms with Crippen LogP contribution in [0.4, 0.5) is 0 Å². The summed E-state index contributed by atoms with van der Waals surface area (Å²) < 4.78 is 16.1. The van der Waals surface area contributed by atoms with Crippen LogP contribution >= 0.6 is 0 Å². The lowest BCUT2D eigenvalue weighted by atomic mass is 10.0. The van der Waals surface area contributed by atoms with Gasteiger partial charge in [0.05, 0.1) is 26.7 Å². The summed E-state index contributed by atoms with van der Waals surface area (Å²) in [6, 6.07) is 10.0. The summed E-state index contributed by atoms with van der Waals surface area (Å²) in [5.41, 5.74) is 1.14. The first-order valence-electron chi connectivity index (χ1n) is 6.13. The third-order valence-corrected chi connectivity index (χ3v) is 3.07. The highest BCUT2D eigenvalue weighted by Gasteiger charge is 2.37. The van der Waals surface area contributed by atoms with Crippen molar-refractivity contribution < 1.29 is 19.0 Å². The molecule has 98 valence electrons. The predicted molar refractivity (Wildman–Crippen MR) is 66.0 cm³/mol. The maximum Gasteiger partial charge on any atom is 0.305 e. The van der Waals surface area contributed by atoms with Gasteiger partial charge in [0.25, 0.3) is 0 Å². The zero-order valence-corrected chi connectivity index (χ0v) is 10.6. The van der Waals surface area contributed by atoms with Crippen molar-refractivity contribution in [2.45, 2.75) is 25.0 Å². The number of ether oxygens (including phenoxy) is 3. The van der Waals surface area contributed by atoms with Gasteiger partial charge in [0, 0.05) is 12.8 Å². The molecule has 0 spiro atoms. The highest BCUT2D eigenvalue weighted by atomic mass is 16.7. The predicted octanol–water partition coefficient (Wildman–Crippen LogP) is 1.93. The van der Waals surface area contributed by atoms with Crippen molar-refractivity contribution in [2.75, 3.05) is 20.3 Å². The average molecular weight is 250 g/mol. The minimum atomic E-state index is -0.671. The van der Waals surface area contributed by atoms with Gasteiger partial charge in [-0.05, 0) is 5.56 Å². The van der Waals surface area contributed by atoms with E-state index in [-0.39, 0.29) is 5.97 Å². The Morgan fingerprint density at radius 3 is 2.56 bits per heavy atom. The summed E-state index contributed by atoms with van der Waals surface area (Å²) in [6.45, 7) is 1.15. The third kappa shape index (κ3) is 3.31. The molecule has 1 aromatic rings. The van der Waals surface area contributed by atoms with Crippen LogP contribution in [0, 0.1) is 0 Å². The highest BCUT2D eigenvalue weighted by Crippen LogP contribution is 2.29. The monoisotopic (exact) mass is 250 g/mol. The minimum Gasteiger partial charge on any atom is -0.469 e. The summed E-state index contributed by atoms with van der Waals surface area (Å²) in [6.07, 6.45) is 1.49. The fourth-order valence-corrected chi connectivity index (χ4v) is 2.13. The number of hydrogen-bond donors (Lipinski definition) is 0. The lowest BCUT2D eigenvalue weighted by molar-refractivity contribution is -0.169. The Balaban J connectivity index is 2.00. The molecule has 1 aromatic carbocycles. The highest BCUT2D eigenvalue weighted by molar-refractivity contribution is 5.69. The molecule has 0 aliphatic carbocycles. The number of benzene rings is 1. The Morgan fingerprint density at radius 2 is 1.94 bits per heavy atom. The molecule has 4 heteroatoms. The van der Waals surface area contributed by atoms with Gasteiger partial charge in [-0.2, -0.15) is 0 Å². The van der Waals surface area contributed by atoms with Crippen molar-refractivity contribution in [2.24, 2.45) is 0 Å². The van der Waals surface area contributed by atoms with Gasteiger partial charge in [0.1, 0.15) is 0 Å². The molecule has 18 heavy (non-hydrogen) atoms.